The molecule has 0 saturated carbocycles. The molecule has 2 rings (SSSR count). The van der Waals surface area contributed by atoms with Gasteiger partial charge in [0.15, 0.2) is 23.9 Å². The molecule has 0 aliphatic carbocycles. The van der Waals surface area contributed by atoms with Gasteiger partial charge in [-0.1, -0.05) is 24.2 Å². The van der Waals surface area contributed by atoms with Gasteiger partial charge >= 0.3 is 0 Å². The molecule has 1 N–H and O–H groups in total. The predicted molar refractivity (Wildman–Crippen MR) is 56.1 cm³/mol. The molecule has 84 valence electrons. The molecule has 5 heteroatoms. The summed E-state index contributed by atoms with van der Waals surface area (Å²) in [4.78, 5) is 4.09. The van der Waals surface area contributed by atoms with Crippen LogP contribution in [-0.4, -0.2) is 15.2 Å². The number of aromatic hydroxyl groups is 1. The number of nitrogens with zero attached hydrogens (tertiary/aromatic N) is 2. The molecule has 0 aliphatic heterocycles. The molecule has 0 spiro atoms. The van der Waals surface area contributed by atoms with Crippen LogP contribution in [0.15, 0.2) is 28.8 Å². The van der Waals surface area contributed by atoms with Crippen molar-refractivity contribution in [1.82, 2.24) is 10.1 Å². The molecule has 5 nitrogen and oxygen atoms in total. The fourth-order valence-corrected chi connectivity index (χ4v) is 1.21. The summed E-state index contributed by atoms with van der Waals surface area (Å²) < 4.78 is 10.3. The van der Waals surface area contributed by atoms with Crippen molar-refractivity contribution in [2.45, 2.75) is 20.0 Å². The van der Waals surface area contributed by atoms with E-state index in [1.165, 1.54) is 0 Å². The molecule has 0 amide bonds. The Morgan fingerprint density at radius 1 is 1.38 bits per heavy atom. The van der Waals surface area contributed by atoms with Crippen molar-refractivity contribution in [1.29, 1.82) is 0 Å². The minimum Gasteiger partial charge on any atom is -0.504 e. The van der Waals surface area contributed by atoms with Crippen molar-refractivity contribution in [3.8, 4) is 11.5 Å². The maximum Gasteiger partial charge on any atom is 0.264 e. The predicted octanol–water partition coefficient (Wildman–Crippen LogP) is 1.92. The smallest absolute Gasteiger partial charge is 0.264 e. The van der Waals surface area contributed by atoms with Gasteiger partial charge in [-0.15, -0.1) is 0 Å². The largest absolute Gasteiger partial charge is 0.504 e. The Morgan fingerprint density at radius 3 is 2.88 bits per heavy atom. The van der Waals surface area contributed by atoms with Gasteiger partial charge in [0.25, 0.3) is 5.89 Å². The summed E-state index contributed by atoms with van der Waals surface area (Å²) in [6.45, 7) is 2.10. The lowest BCUT2D eigenvalue weighted by molar-refractivity contribution is 0.234. The normalized spacial score (nSPS) is 10.3. The molecule has 0 bridgehead atoms. The maximum absolute atomic E-state index is 9.45. The third-order valence-electron chi connectivity index (χ3n) is 2.04. The summed E-state index contributed by atoms with van der Waals surface area (Å²) in [7, 11) is 0. The van der Waals surface area contributed by atoms with Crippen LogP contribution in [0.2, 0.25) is 0 Å². The van der Waals surface area contributed by atoms with Crippen molar-refractivity contribution in [2.24, 2.45) is 0 Å². The summed E-state index contributed by atoms with van der Waals surface area (Å²) in [5.74, 6) is 1.55. The van der Waals surface area contributed by atoms with Gasteiger partial charge in [-0.3, -0.25) is 0 Å². The third-order valence-corrected chi connectivity index (χ3v) is 2.04. The Hall–Kier alpha value is -2.04. The lowest BCUT2D eigenvalue weighted by atomic mass is 10.3. The summed E-state index contributed by atoms with van der Waals surface area (Å²) >= 11 is 0. The fraction of sp³-hybridized carbons (Fsp3) is 0.273. The van der Waals surface area contributed by atoms with Gasteiger partial charge in [-0.05, 0) is 12.1 Å². The lowest BCUT2D eigenvalue weighted by Gasteiger charge is -2.04. The van der Waals surface area contributed by atoms with Crippen LogP contribution in [0.5, 0.6) is 11.5 Å². The second-order valence-electron chi connectivity index (χ2n) is 3.21. The number of hydrogen-bond acceptors (Lipinski definition) is 5. The molecule has 1 aromatic carbocycles. The van der Waals surface area contributed by atoms with E-state index in [0.29, 0.717) is 17.5 Å². The number of benzene rings is 1. The summed E-state index contributed by atoms with van der Waals surface area (Å²) in [5.41, 5.74) is 0. The SMILES string of the molecule is CCc1noc(COc2ccccc2O)n1. The van der Waals surface area contributed by atoms with Gasteiger partial charge in [0.2, 0.25) is 0 Å². The van der Waals surface area contributed by atoms with E-state index in [0.717, 1.165) is 6.42 Å². The second kappa shape index (κ2) is 4.65. The molecule has 1 heterocycles. The van der Waals surface area contributed by atoms with Crippen LogP contribution < -0.4 is 4.74 Å². The quantitative estimate of drug-likeness (QED) is 0.852. The van der Waals surface area contributed by atoms with Crippen LogP contribution in [-0.2, 0) is 13.0 Å². The van der Waals surface area contributed by atoms with E-state index in [9.17, 15) is 5.11 Å². The van der Waals surface area contributed by atoms with Gasteiger partial charge in [-0.25, -0.2) is 0 Å². The minimum atomic E-state index is 0.0951. The molecule has 0 saturated heterocycles. The zero-order valence-corrected chi connectivity index (χ0v) is 8.88. The Balaban J connectivity index is 1.99. The van der Waals surface area contributed by atoms with E-state index in [-0.39, 0.29) is 12.4 Å². The number of ether oxygens (including phenoxy) is 1. The van der Waals surface area contributed by atoms with E-state index in [4.69, 9.17) is 9.26 Å². The minimum absolute atomic E-state index is 0.0951. The number of rotatable bonds is 4. The molecule has 16 heavy (non-hydrogen) atoms. The van der Waals surface area contributed by atoms with E-state index in [2.05, 4.69) is 10.1 Å². The van der Waals surface area contributed by atoms with Gasteiger partial charge in [0.1, 0.15) is 0 Å². The summed E-state index contributed by atoms with van der Waals surface area (Å²) in [5, 5.41) is 13.2. The summed E-state index contributed by atoms with van der Waals surface area (Å²) in [6, 6.07) is 6.73. The molecule has 0 aliphatic rings. The highest BCUT2D eigenvalue weighted by atomic mass is 16.5. The number of phenolic OH excluding ortho intramolecular Hbond substituents is 1. The molecular weight excluding hydrogens is 208 g/mol. The van der Waals surface area contributed by atoms with Gasteiger partial charge in [0.05, 0.1) is 0 Å². The first-order valence-corrected chi connectivity index (χ1v) is 5.02. The zero-order chi connectivity index (χ0) is 11.4. The zero-order valence-electron chi connectivity index (χ0n) is 8.88. The number of aromatic nitrogens is 2. The standard InChI is InChI=1S/C11H12N2O3/c1-2-10-12-11(16-13-10)7-15-9-6-4-3-5-8(9)14/h3-6,14H,2,7H2,1H3. The Kier molecular flexibility index (Phi) is 3.05. The molecule has 0 fully saturated rings. The third kappa shape index (κ3) is 2.31. The van der Waals surface area contributed by atoms with Gasteiger partial charge in [-0.2, -0.15) is 4.98 Å². The number of hydrogen-bond donors (Lipinski definition) is 1. The average Bonchev–Trinajstić information content (AvgIpc) is 2.76. The van der Waals surface area contributed by atoms with Crippen LogP contribution in [0.3, 0.4) is 0 Å². The number of para-hydroxylation sites is 2. The Labute approximate surface area is 92.7 Å². The highest BCUT2D eigenvalue weighted by Gasteiger charge is 2.06. The van der Waals surface area contributed by atoms with E-state index in [1.54, 1.807) is 24.3 Å². The van der Waals surface area contributed by atoms with Crippen molar-refractivity contribution in [2.75, 3.05) is 0 Å². The van der Waals surface area contributed by atoms with E-state index < -0.39 is 0 Å². The Morgan fingerprint density at radius 2 is 2.19 bits per heavy atom. The second-order valence-corrected chi connectivity index (χ2v) is 3.21. The van der Waals surface area contributed by atoms with Crippen LogP contribution >= 0.6 is 0 Å². The molecule has 1 aromatic heterocycles. The van der Waals surface area contributed by atoms with Crippen molar-refractivity contribution in [3.63, 3.8) is 0 Å². The number of aryl methyl sites for hydroxylation is 1. The topological polar surface area (TPSA) is 68.4 Å². The molecule has 0 unspecified atom stereocenters. The first-order valence-electron chi connectivity index (χ1n) is 5.02. The van der Waals surface area contributed by atoms with E-state index in [1.807, 2.05) is 6.92 Å². The monoisotopic (exact) mass is 220 g/mol. The molecular formula is C11H12N2O3. The Bertz CT molecular complexity index is 468. The first kappa shape index (κ1) is 10.5. The van der Waals surface area contributed by atoms with Crippen molar-refractivity contribution < 1.29 is 14.4 Å². The molecule has 0 radical (unpaired) electrons. The van der Waals surface area contributed by atoms with Crippen LogP contribution in [0, 0.1) is 0 Å². The van der Waals surface area contributed by atoms with Crippen LogP contribution in [0.4, 0.5) is 0 Å². The number of phenols is 1. The maximum atomic E-state index is 9.45. The highest BCUT2D eigenvalue weighted by molar-refractivity contribution is 5.37. The van der Waals surface area contributed by atoms with Gasteiger partial charge < -0.3 is 14.4 Å². The molecule has 2 aromatic rings. The lowest BCUT2D eigenvalue weighted by Crippen LogP contribution is -1.96. The average molecular weight is 220 g/mol. The first-order chi connectivity index (χ1) is 7.79. The van der Waals surface area contributed by atoms with Crippen LogP contribution in [0.1, 0.15) is 18.6 Å². The van der Waals surface area contributed by atoms with Crippen molar-refractivity contribution >= 4 is 0 Å². The van der Waals surface area contributed by atoms with E-state index >= 15 is 0 Å². The van der Waals surface area contributed by atoms with Gasteiger partial charge in [0, 0.05) is 6.42 Å². The fourth-order valence-electron chi connectivity index (χ4n) is 1.21. The molecule has 0 atom stereocenters. The summed E-state index contributed by atoms with van der Waals surface area (Å²) in [6.07, 6.45) is 0.722. The van der Waals surface area contributed by atoms with Crippen molar-refractivity contribution in [3.05, 3.63) is 36.0 Å². The highest BCUT2D eigenvalue weighted by Crippen LogP contribution is 2.24. The van der Waals surface area contributed by atoms with Crippen LogP contribution in [0.25, 0.3) is 0 Å².